The highest BCUT2D eigenvalue weighted by molar-refractivity contribution is 7.96. The first kappa shape index (κ1) is 5.78. The maximum absolute atomic E-state index is 10.4. The second kappa shape index (κ2) is 1.56. The Balaban J connectivity index is 3.26. The Bertz CT molecular complexity index is 250. The van der Waals surface area contributed by atoms with Gasteiger partial charge in [0, 0.05) is 6.21 Å². The third kappa shape index (κ3) is 0.763. The summed E-state index contributed by atoms with van der Waals surface area (Å²) in [6.07, 6.45) is 2.38. The van der Waals surface area contributed by atoms with Crippen LogP contribution in [0.25, 0.3) is 0 Å². The van der Waals surface area contributed by atoms with Crippen molar-refractivity contribution >= 4 is 27.8 Å². The first-order valence-electron chi connectivity index (χ1n) is 1.79. The minimum Gasteiger partial charge on any atom is -0.198 e. The van der Waals surface area contributed by atoms with Crippen molar-refractivity contribution < 1.29 is 8.42 Å². The van der Waals surface area contributed by atoms with Gasteiger partial charge in [-0.25, -0.2) is 0 Å². The standard InChI is InChI=1S/C3H2ClNO2S/c4-3-1-2-5-8(3,6)7/h1-2H. The molecule has 1 aliphatic heterocycles. The molecule has 0 unspecified atom stereocenters. The van der Waals surface area contributed by atoms with Crippen molar-refractivity contribution in [3.8, 4) is 0 Å². The molecule has 8 heavy (non-hydrogen) atoms. The fraction of sp³-hybridized carbons (Fsp3) is 0. The van der Waals surface area contributed by atoms with Crippen LogP contribution in [-0.2, 0) is 10.0 Å². The van der Waals surface area contributed by atoms with E-state index in [-0.39, 0.29) is 4.36 Å². The fourth-order valence-electron chi connectivity index (χ4n) is 0.305. The third-order valence-electron chi connectivity index (χ3n) is 0.652. The Morgan fingerprint density at radius 1 is 1.62 bits per heavy atom. The van der Waals surface area contributed by atoms with E-state index < -0.39 is 10.0 Å². The van der Waals surface area contributed by atoms with Crippen molar-refractivity contribution in [2.75, 3.05) is 0 Å². The predicted molar refractivity (Wildman–Crippen MR) is 31.3 cm³/mol. The summed E-state index contributed by atoms with van der Waals surface area (Å²) in [5.74, 6) is 0. The first-order chi connectivity index (χ1) is 3.63. The van der Waals surface area contributed by atoms with Crippen molar-refractivity contribution in [1.82, 2.24) is 0 Å². The summed E-state index contributed by atoms with van der Waals surface area (Å²) >= 11 is 5.15. The summed E-state index contributed by atoms with van der Waals surface area (Å²) < 4.78 is 23.6. The number of hydrogen-bond donors (Lipinski definition) is 0. The van der Waals surface area contributed by atoms with E-state index in [1.807, 2.05) is 0 Å². The summed E-state index contributed by atoms with van der Waals surface area (Å²) in [7, 11) is -3.43. The number of hydrogen-bond acceptors (Lipinski definition) is 2. The van der Waals surface area contributed by atoms with Crippen molar-refractivity contribution in [3.05, 3.63) is 10.4 Å². The summed E-state index contributed by atoms with van der Waals surface area (Å²) in [4.78, 5) is 0. The molecule has 0 aromatic rings. The number of nitrogens with zero attached hydrogens (tertiary/aromatic N) is 1. The largest absolute Gasteiger partial charge is 0.293 e. The van der Waals surface area contributed by atoms with Crippen LogP contribution in [0.15, 0.2) is 14.8 Å². The van der Waals surface area contributed by atoms with E-state index >= 15 is 0 Å². The monoisotopic (exact) mass is 151 g/mol. The van der Waals surface area contributed by atoms with E-state index in [1.165, 1.54) is 6.08 Å². The van der Waals surface area contributed by atoms with Crippen LogP contribution in [0.4, 0.5) is 0 Å². The highest BCUT2D eigenvalue weighted by atomic mass is 35.5. The summed E-state index contributed by atoms with van der Waals surface area (Å²) in [6, 6.07) is 0. The molecule has 0 radical (unpaired) electrons. The SMILES string of the molecule is O=S1(=O)N=CC=C1Cl. The van der Waals surface area contributed by atoms with E-state index in [2.05, 4.69) is 4.40 Å². The molecule has 0 aromatic heterocycles. The smallest absolute Gasteiger partial charge is 0.198 e. The Morgan fingerprint density at radius 2 is 2.25 bits per heavy atom. The van der Waals surface area contributed by atoms with Crippen LogP contribution < -0.4 is 0 Å². The van der Waals surface area contributed by atoms with Gasteiger partial charge in [-0.3, -0.25) is 0 Å². The topological polar surface area (TPSA) is 46.5 Å². The first-order valence-corrected chi connectivity index (χ1v) is 3.61. The predicted octanol–water partition coefficient (Wildman–Crippen LogP) is 0.481. The van der Waals surface area contributed by atoms with Crippen molar-refractivity contribution in [3.63, 3.8) is 0 Å². The Morgan fingerprint density at radius 3 is 2.38 bits per heavy atom. The van der Waals surface area contributed by atoms with E-state index in [0.29, 0.717) is 0 Å². The van der Waals surface area contributed by atoms with Crippen LogP contribution in [0.5, 0.6) is 0 Å². The van der Waals surface area contributed by atoms with E-state index in [0.717, 1.165) is 6.21 Å². The molecular weight excluding hydrogens is 150 g/mol. The lowest BCUT2D eigenvalue weighted by atomic mass is 10.7. The molecule has 1 heterocycles. The van der Waals surface area contributed by atoms with Gasteiger partial charge in [0.2, 0.25) is 0 Å². The second-order valence-corrected chi connectivity index (χ2v) is 3.43. The maximum atomic E-state index is 10.4. The average molecular weight is 152 g/mol. The molecule has 0 atom stereocenters. The van der Waals surface area contributed by atoms with Gasteiger partial charge in [-0.15, -0.1) is 0 Å². The molecule has 44 valence electrons. The van der Waals surface area contributed by atoms with Crippen molar-refractivity contribution in [2.24, 2.45) is 4.40 Å². The molecule has 0 aliphatic carbocycles. The van der Waals surface area contributed by atoms with Gasteiger partial charge in [0.05, 0.1) is 0 Å². The fourth-order valence-corrected chi connectivity index (χ4v) is 1.04. The molecule has 0 saturated heterocycles. The zero-order chi connectivity index (χ0) is 6.20. The molecule has 1 rings (SSSR count). The van der Waals surface area contributed by atoms with Gasteiger partial charge in [0.15, 0.2) is 4.36 Å². The minimum absolute atomic E-state index is 0.211. The molecule has 0 bridgehead atoms. The molecule has 0 fully saturated rings. The van der Waals surface area contributed by atoms with Gasteiger partial charge in [-0.05, 0) is 6.08 Å². The van der Waals surface area contributed by atoms with E-state index in [9.17, 15) is 8.42 Å². The van der Waals surface area contributed by atoms with Crippen LogP contribution >= 0.6 is 11.6 Å². The van der Waals surface area contributed by atoms with Gasteiger partial charge < -0.3 is 0 Å². The van der Waals surface area contributed by atoms with Gasteiger partial charge >= 0.3 is 0 Å². The van der Waals surface area contributed by atoms with Crippen LogP contribution in [0, 0.1) is 0 Å². The van der Waals surface area contributed by atoms with E-state index in [4.69, 9.17) is 11.6 Å². The number of sulfonamides is 1. The highest BCUT2D eigenvalue weighted by Gasteiger charge is 2.15. The molecule has 0 spiro atoms. The lowest BCUT2D eigenvalue weighted by molar-refractivity contribution is 0.606. The van der Waals surface area contributed by atoms with Crippen molar-refractivity contribution in [1.29, 1.82) is 0 Å². The quantitative estimate of drug-likeness (QED) is 0.506. The minimum atomic E-state index is -3.43. The lowest BCUT2D eigenvalue weighted by Gasteiger charge is -1.82. The Kier molecular flexibility index (Phi) is 1.13. The number of allylic oxidation sites excluding steroid dienone is 1. The Labute approximate surface area is 51.7 Å². The van der Waals surface area contributed by atoms with Gasteiger partial charge in [-0.2, -0.15) is 12.8 Å². The average Bonchev–Trinajstić information content (AvgIpc) is 1.86. The molecule has 0 aromatic carbocycles. The van der Waals surface area contributed by atoms with Gasteiger partial charge in [-0.1, -0.05) is 11.6 Å². The zero-order valence-corrected chi connectivity index (χ0v) is 5.28. The molecule has 0 N–H and O–H groups in total. The molecule has 0 saturated carbocycles. The second-order valence-electron chi connectivity index (χ2n) is 1.20. The van der Waals surface area contributed by atoms with Crippen LogP contribution in [0.3, 0.4) is 0 Å². The maximum Gasteiger partial charge on any atom is 0.293 e. The third-order valence-corrected chi connectivity index (χ3v) is 2.39. The summed E-state index contributed by atoms with van der Waals surface area (Å²) in [6.45, 7) is 0. The van der Waals surface area contributed by atoms with Gasteiger partial charge in [0.1, 0.15) is 0 Å². The molecule has 5 heteroatoms. The van der Waals surface area contributed by atoms with Gasteiger partial charge in [0.25, 0.3) is 10.0 Å². The van der Waals surface area contributed by atoms with E-state index in [1.54, 1.807) is 0 Å². The van der Waals surface area contributed by atoms with Crippen molar-refractivity contribution in [2.45, 2.75) is 0 Å². The molecule has 3 nitrogen and oxygen atoms in total. The zero-order valence-electron chi connectivity index (χ0n) is 3.70. The summed E-state index contributed by atoms with van der Waals surface area (Å²) in [5, 5.41) is 0. The highest BCUT2D eigenvalue weighted by Crippen LogP contribution is 2.16. The van der Waals surface area contributed by atoms with Crippen LogP contribution in [0.1, 0.15) is 0 Å². The summed E-state index contributed by atoms with van der Waals surface area (Å²) in [5.41, 5.74) is 0. The molecular formula is C3H2ClNO2S. The van der Waals surface area contributed by atoms with Crippen LogP contribution in [-0.4, -0.2) is 14.6 Å². The number of halogens is 1. The van der Waals surface area contributed by atoms with Crippen LogP contribution in [0.2, 0.25) is 0 Å². The lowest BCUT2D eigenvalue weighted by Crippen LogP contribution is -1.87. The molecule has 1 aliphatic rings. The Hall–Kier alpha value is -0.350. The number of rotatable bonds is 0. The molecule has 0 amide bonds. The normalized spacial score (nSPS) is 23.4.